The van der Waals surface area contributed by atoms with E-state index >= 15 is 0 Å². The Kier molecular flexibility index (Phi) is 6.10. The van der Waals surface area contributed by atoms with E-state index in [9.17, 15) is 0 Å². The Hall–Kier alpha value is -0.810. The molecule has 1 fully saturated rings. The minimum Gasteiger partial charge on any atom is -0.374 e. The Balaban J connectivity index is 1.61. The summed E-state index contributed by atoms with van der Waals surface area (Å²) in [4.78, 5) is 0. The second-order valence-electron chi connectivity index (χ2n) is 4.97. The summed E-state index contributed by atoms with van der Waals surface area (Å²) in [6.07, 6.45) is 6.27. The molecule has 1 heterocycles. The van der Waals surface area contributed by atoms with Gasteiger partial charge in [0.2, 0.25) is 0 Å². The molecule has 1 aromatic carbocycles. The quantitative estimate of drug-likeness (QED) is 0.303. The number of thioether (sulfide) groups is 1. The molecule has 1 aliphatic heterocycles. The van der Waals surface area contributed by atoms with E-state index in [0.717, 1.165) is 5.94 Å². The summed E-state index contributed by atoms with van der Waals surface area (Å²) in [7, 11) is 0. The highest BCUT2D eigenvalue weighted by Crippen LogP contribution is 2.37. The van der Waals surface area contributed by atoms with Gasteiger partial charge in [-0.3, -0.25) is 0 Å². The lowest BCUT2D eigenvalue weighted by Gasteiger charge is -2.03. The van der Waals surface area contributed by atoms with Gasteiger partial charge in [0.05, 0.1) is 25.8 Å². The van der Waals surface area contributed by atoms with Crippen molar-refractivity contribution in [2.75, 3.05) is 25.4 Å². The molecule has 1 aromatic rings. The molecule has 0 amide bonds. The number of hydrogen-bond donors (Lipinski definition) is 0. The maximum Gasteiger partial charge on any atom is 0.114 e. The summed E-state index contributed by atoms with van der Waals surface area (Å²) in [5, 5.41) is 0. The minimum absolute atomic E-state index is 0.156. The fraction of sp³-hybridized carbons (Fsp3) is 0.500. The molecule has 110 valence electrons. The van der Waals surface area contributed by atoms with Crippen molar-refractivity contribution in [1.82, 2.24) is 0 Å². The zero-order chi connectivity index (χ0) is 14.3. The molecule has 1 aliphatic rings. The maximum absolute atomic E-state index is 5.69. The standard InChI is InChI=1S/C16H22O3S/c1-16(9-6-10-17-13-20-2)15(19-16)12-18-11-14-7-4-3-5-8-14/h3-9,15H,10-13H2,1-2H3/b9-6+/t15-,16+/m1/s1. The van der Waals surface area contributed by atoms with Crippen molar-refractivity contribution in [2.24, 2.45) is 0 Å². The number of hydrogen-bond acceptors (Lipinski definition) is 4. The zero-order valence-electron chi connectivity index (χ0n) is 12.1. The Bertz CT molecular complexity index is 421. The Morgan fingerprint density at radius 3 is 2.85 bits per heavy atom. The fourth-order valence-electron chi connectivity index (χ4n) is 1.96. The molecule has 1 saturated heterocycles. The molecular weight excluding hydrogens is 272 g/mol. The van der Waals surface area contributed by atoms with E-state index < -0.39 is 0 Å². The average molecular weight is 294 g/mol. The molecule has 0 bridgehead atoms. The molecule has 0 spiro atoms. The van der Waals surface area contributed by atoms with Gasteiger partial charge in [-0.25, -0.2) is 0 Å². The normalized spacial score (nSPS) is 25.2. The van der Waals surface area contributed by atoms with Crippen LogP contribution in [0.3, 0.4) is 0 Å². The van der Waals surface area contributed by atoms with Crippen LogP contribution in [0.1, 0.15) is 12.5 Å². The van der Waals surface area contributed by atoms with Crippen LogP contribution in [0.15, 0.2) is 42.5 Å². The lowest BCUT2D eigenvalue weighted by atomic mass is 10.1. The van der Waals surface area contributed by atoms with Crippen LogP contribution < -0.4 is 0 Å². The highest BCUT2D eigenvalue weighted by molar-refractivity contribution is 7.98. The number of benzene rings is 1. The smallest absolute Gasteiger partial charge is 0.114 e. The second-order valence-corrected chi connectivity index (χ2v) is 5.78. The molecule has 0 N–H and O–H groups in total. The molecule has 2 rings (SSSR count). The van der Waals surface area contributed by atoms with Gasteiger partial charge in [0.1, 0.15) is 11.7 Å². The van der Waals surface area contributed by atoms with E-state index in [1.165, 1.54) is 5.56 Å². The molecule has 2 atom stereocenters. The monoisotopic (exact) mass is 294 g/mol. The van der Waals surface area contributed by atoms with Crippen molar-refractivity contribution in [2.45, 2.75) is 25.2 Å². The van der Waals surface area contributed by atoms with E-state index in [2.05, 4.69) is 25.1 Å². The summed E-state index contributed by atoms with van der Waals surface area (Å²) in [6.45, 7) is 3.98. The molecule has 0 aromatic heterocycles. The summed E-state index contributed by atoms with van der Waals surface area (Å²) in [5.74, 6) is 0.728. The van der Waals surface area contributed by atoms with Crippen molar-refractivity contribution >= 4 is 11.8 Å². The Morgan fingerprint density at radius 2 is 2.10 bits per heavy atom. The molecule has 0 unspecified atom stereocenters. The van der Waals surface area contributed by atoms with Crippen molar-refractivity contribution < 1.29 is 14.2 Å². The zero-order valence-corrected chi connectivity index (χ0v) is 12.9. The van der Waals surface area contributed by atoms with Crippen LogP contribution in [0.2, 0.25) is 0 Å². The van der Waals surface area contributed by atoms with Gasteiger partial charge in [-0.2, -0.15) is 0 Å². The van der Waals surface area contributed by atoms with Crippen LogP contribution in [-0.4, -0.2) is 37.1 Å². The lowest BCUT2D eigenvalue weighted by Crippen LogP contribution is -2.12. The van der Waals surface area contributed by atoms with Crippen LogP contribution in [-0.2, 0) is 20.8 Å². The topological polar surface area (TPSA) is 31.0 Å². The van der Waals surface area contributed by atoms with Gasteiger partial charge < -0.3 is 14.2 Å². The minimum atomic E-state index is -0.181. The van der Waals surface area contributed by atoms with Crippen LogP contribution in [0, 0.1) is 0 Å². The van der Waals surface area contributed by atoms with Crippen LogP contribution >= 0.6 is 11.8 Å². The number of ether oxygens (including phenoxy) is 3. The SMILES string of the molecule is CSCOC/C=C/[C@]1(C)O[C@@H]1COCc1ccccc1. The molecule has 0 radical (unpaired) electrons. The van der Waals surface area contributed by atoms with Gasteiger partial charge in [-0.15, -0.1) is 11.8 Å². The second kappa shape index (κ2) is 7.84. The van der Waals surface area contributed by atoms with E-state index in [-0.39, 0.29) is 11.7 Å². The Labute approximate surface area is 125 Å². The van der Waals surface area contributed by atoms with Gasteiger partial charge in [0.15, 0.2) is 0 Å². The molecular formula is C16H22O3S. The van der Waals surface area contributed by atoms with E-state index in [1.807, 2.05) is 30.5 Å². The third kappa shape index (κ3) is 4.94. The first-order chi connectivity index (χ1) is 9.74. The molecule has 3 nitrogen and oxygen atoms in total. The van der Waals surface area contributed by atoms with Gasteiger partial charge in [0, 0.05) is 0 Å². The third-order valence-corrected chi connectivity index (χ3v) is 3.63. The number of rotatable bonds is 9. The summed E-state index contributed by atoms with van der Waals surface area (Å²) in [6, 6.07) is 10.2. The largest absolute Gasteiger partial charge is 0.374 e. The Morgan fingerprint density at radius 1 is 1.30 bits per heavy atom. The van der Waals surface area contributed by atoms with Crippen molar-refractivity contribution in [3.05, 3.63) is 48.0 Å². The summed E-state index contributed by atoms with van der Waals surface area (Å²) >= 11 is 1.68. The van der Waals surface area contributed by atoms with Crippen LogP contribution in [0.25, 0.3) is 0 Å². The van der Waals surface area contributed by atoms with E-state index in [1.54, 1.807) is 11.8 Å². The predicted molar refractivity (Wildman–Crippen MR) is 82.9 cm³/mol. The van der Waals surface area contributed by atoms with E-state index in [0.29, 0.717) is 19.8 Å². The summed E-state index contributed by atoms with van der Waals surface area (Å²) < 4.78 is 16.7. The maximum atomic E-state index is 5.69. The third-order valence-electron chi connectivity index (χ3n) is 3.22. The molecule has 0 saturated carbocycles. The summed E-state index contributed by atoms with van der Waals surface area (Å²) in [5.41, 5.74) is 1.01. The predicted octanol–water partition coefficient (Wildman–Crippen LogP) is 3.25. The van der Waals surface area contributed by atoms with Crippen molar-refractivity contribution in [3.8, 4) is 0 Å². The van der Waals surface area contributed by atoms with Gasteiger partial charge >= 0.3 is 0 Å². The van der Waals surface area contributed by atoms with E-state index in [4.69, 9.17) is 14.2 Å². The average Bonchev–Trinajstić information content (AvgIpc) is 3.10. The first-order valence-corrected chi connectivity index (χ1v) is 8.18. The van der Waals surface area contributed by atoms with Gasteiger partial charge in [-0.05, 0) is 18.7 Å². The molecule has 0 aliphatic carbocycles. The highest BCUT2D eigenvalue weighted by atomic mass is 32.2. The van der Waals surface area contributed by atoms with Crippen molar-refractivity contribution in [3.63, 3.8) is 0 Å². The molecule has 20 heavy (non-hydrogen) atoms. The van der Waals surface area contributed by atoms with Gasteiger partial charge in [0.25, 0.3) is 0 Å². The van der Waals surface area contributed by atoms with Crippen molar-refractivity contribution in [1.29, 1.82) is 0 Å². The lowest BCUT2D eigenvalue weighted by molar-refractivity contribution is 0.104. The first-order valence-electron chi connectivity index (χ1n) is 6.78. The number of epoxide rings is 1. The highest BCUT2D eigenvalue weighted by Gasteiger charge is 2.50. The van der Waals surface area contributed by atoms with Gasteiger partial charge in [-0.1, -0.05) is 42.5 Å². The van der Waals surface area contributed by atoms with Crippen LogP contribution in [0.5, 0.6) is 0 Å². The molecule has 4 heteroatoms. The van der Waals surface area contributed by atoms with Crippen LogP contribution in [0.4, 0.5) is 0 Å². The fourth-order valence-corrected chi connectivity index (χ4v) is 2.22. The first kappa shape index (κ1) is 15.6.